The number of fused-ring (bicyclic) bond motifs is 1. The van der Waals surface area contributed by atoms with Crippen molar-refractivity contribution < 1.29 is 19.1 Å². The zero-order valence-electron chi connectivity index (χ0n) is 21.8. The third-order valence-electron chi connectivity index (χ3n) is 6.15. The highest BCUT2D eigenvalue weighted by molar-refractivity contribution is 7.17. The molecule has 192 valence electrons. The predicted molar refractivity (Wildman–Crippen MR) is 144 cm³/mol. The lowest BCUT2D eigenvalue weighted by molar-refractivity contribution is 0.0378. The number of carbonyl (C=O) groups is 2. The summed E-state index contributed by atoms with van der Waals surface area (Å²) >= 11 is 1.55. The molecule has 6 heteroatoms. The molecule has 0 radical (unpaired) electrons. The van der Waals surface area contributed by atoms with Crippen LogP contribution in [0, 0.1) is 5.92 Å². The van der Waals surface area contributed by atoms with Gasteiger partial charge in [-0.2, -0.15) is 0 Å². The van der Waals surface area contributed by atoms with Crippen molar-refractivity contribution in [3.8, 4) is 5.75 Å². The van der Waals surface area contributed by atoms with Gasteiger partial charge in [-0.25, -0.2) is 4.79 Å². The Morgan fingerprint density at radius 2 is 1.49 bits per heavy atom. The normalized spacial score (nSPS) is 15.1. The van der Waals surface area contributed by atoms with Gasteiger partial charge in [0.15, 0.2) is 0 Å². The summed E-state index contributed by atoms with van der Waals surface area (Å²) in [5.41, 5.74) is 2.17. The number of aryl methyl sites for hydroxylation is 1. The average Bonchev–Trinajstić information content (AvgIpc) is 3.14. The molecule has 35 heavy (non-hydrogen) atoms. The highest BCUT2D eigenvalue weighted by atomic mass is 32.1. The molecular weight excluding hydrogens is 458 g/mol. The summed E-state index contributed by atoms with van der Waals surface area (Å²) in [6.45, 7) is 8.55. The summed E-state index contributed by atoms with van der Waals surface area (Å²) in [6.07, 6.45) is 11.2. The van der Waals surface area contributed by atoms with Crippen LogP contribution in [0.4, 0.5) is 5.00 Å². The molecule has 0 aliphatic heterocycles. The first kappa shape index (κ1) is 27.3. The van der Waals surface area contributed by atoms with Crippen molar-refractivity contribution >= 4 is 28.2 Å². The van der Waals surface area contributed by atoms with Gasteiger partial charge in [-0.3, -0.25) is 4.79 Å². The number of anilines is 1. The van der Waals surface area contributed by atoms with E-state index in [4.69, 9.17) is 9.47 Å². The van der Waals surface area contributed by atoms with E-state index in [1.165, 1.54) is 43.4 Å². The molecule has 1 aromatic carbocycles. The molecule has 1 aliphatic carbocycles. The highest BCUT2D eigenvalue weighted by Crippen LogP contribution is 2.37. The smallest absolute Gasteiger partial charge is 0.341 e. The summed E-state index contributed by atoms with van der Waals surface area (Å²) in [5, 5.41) is 3.65. The van der Waals surface area contributed by atoms with Gasteiger partial charge in [0.2, 0.25) is 0 Å². The number of benzene rings is 1. The summed E-state index contributed by atoms with van der Waals surface area (Å²) < 4.78 is 11.4. The third-order valence-corrected chi connectivity index (χ3v) is 7.35. The van der Waals surface area contributed by atoms with Gasteiger partial charge in [-0.05, 0) is 75.3 Å². The quantitative estimate of drug-likeness (QED) is 0.394. The van der Waals surface area contributed by atoms with Crippen LogP contribution in [-0.2, 0) is 17.6 Å². The first-order valence-electron chi connectivity index (χ1n) is 13.2. The maximum Gasteiger partial charge on any atom is 0.341 e. The zero-order chi connectivity index (χ0) is 25.2. The number of ether oxygens (including phenoxy) is 2. The molecule has 5 nitrogen and oxygen atoms in total. The van der Waals surface area contributed by atoms with Gasteiger partial charge in [0.1, 0.15) is 10.8 Å². The lowest BCUT2D eigenvalue weighted by Crippen LogP contribution is -2.17. The summed E-state index contributed by atoms with van der Waals surface area (Å²) in [4.78, 5) is 27.5. The number of thiophene rings is 1. The van der Waals surface area contributed by atoms with Gasteiger partial charge in [0.05, 0.1) is 18.3 Å². The van der Waals surface area contributed by atoms with Crippen LogP contribution < -0.4 is 10.1 Å². The fourth-order valence-electron chi connectivity index (χ4n) is 4.34. The predicted octanol–water partition coefficient (Wildman–Crippen LogP) is 7.82. The third kappa shape index (κ3) is 8.38. The van der Waals surface area contributed by atoms with Crippen LogP contribution in [0.3, 0.4) is 0 Å². The molecular formula is C29H41NO4S. The van der Waals surface area contributed by atoms with Crippen molar-refractivity contribution in [3.05, 3.63) is 45.8 Å². The van der Waals surface area contributed by atoms with E-state index in [2.05, 4.69) is 19.2 Å². The highest BCUT2D eigenvalue weighted by Gasteiger charge is 2.26. The fourth-order valence-corrected chi connectivity index (χ4v) is 5.62. The van der Waals surface area contributed by atoms with Crippen LogP contribution in [0.2, 0.25) is 0 Å². The van der Waals surface area contributed by atoms with E-state index < -0.39 is 0 Å². The number of nitrogens with one attached hydrogen (secondary N) is 1. The molecule has 2 aromatic rings. The van der Waals surface area contributed by atoms with Crippen LogP contribution in [0.5, 0.6) is 5.75 Å². The van der Waals surface area contributed by atoms with Crippen LogP contribution >= 0.6 is 11.3 Å². The van der Waals surface area contributed by atoms with Gasteiger partial charge in [-0.15, -0.1) is 11.3 Å². The maximum atomic E-state index is 13.2. The standard InChI is InChI=1S/C29H41NO4S/c1-20(2)19-33-23-17-15-22(16-18-23)27(31)30-28-26(29(32)34-21(3)4)24-13-11-9-7-5-6-8-10-12-14-25(24)35-28/h15-18,20-21H,5-14,19H2,1-4H3,(H,30,31). The van der Waals surface area contributed by atoms with Crippen LogP contribution in [0.15, 0.2) is 24.3 Å². The second kappa shape index (κ2) is 13.7. The second-order valence-corrected chi connectivity index (χ2v) is 11.3. The summed E-state index contributed by atoms with van der Waals surface area (Å²) in [7, 11) is 0. The number of carbonyl (C=O) groups excluding carboxylic acids is 2. The first-order chi connectivity index (χ1) is 16.8. The maximum absolute atomic E-state index is 13.2. The van der Waals surface area contributed by atoms with Crippen LogP contribution in [0.1, 0.15) is 110 Å². The Morgan fingerprint density at radius 3 is 2.09 bits per heavy atom. The molecule has 1 heterocycles. The van der Waals surface area contributed by atoms with Crippen molar-refractivity contribution in [2.45, 2.75) is 98.0 Å². The van der Waals surface area contributed by atoms with Gasteiger partial charge >= 0.3 is 5.97 Å². The van der Waals surface area contributed by atoms with Crippen molar-refractivity contribution in [2.75, 3.05) is 11.9 Å². The van der Waals surface area contributed by atoms with E-state index in [1.54, 1.807) is 23.5 Å². The minimum Gasteiger partial charge on any atom is -0.493 e. The SMILES string of the molecule is CC(C)COc1ccc(C(=O)Nc2sc3c(c2C(=O)OC(C)C)CCCCCCCCCC3)cc1. The number of hydrogen-bond acceptors (Lipinski definition) is 5. The Morgan fingerprint density at radius 1 is 0.886 bits per heavy atom. The van der Waals surface area contributed by atoms with E-state index in [1.807, 2.05) is 26.0 Å². The topological polar surface area (TPSA) is 64.6 Å². The lowest BCUT2D eigenvalue weighted by Gasteiger charge is -2.13. The number of amides is 1. The van der Waals surface area contributed by atoms with E-state index >= 15 is 0 Å². The van der Waals surface area contributed by atoms with E-state index in [9.17, 15) is 9.59 Å². The zero-order valence-corrected chi connectivity index (χ0v) is 22.6. The van der Waals surface area contributed by atoms with Crippen molar-refractivity contribution in [1.29, 1.82) is 0 Å². The lowest BCUT2D eigenvalue weighted by atomic mass is 9.97. The largest absolute Gasteiger partial charge is 0.493 e. The summed E-state index contributed by atoms with van der Waals surface area (Å²) in [5.74, 6) is 0.616. The molecule has 3 rings (SSSR count). The average molecular weight is 500 g/mol. The number of hydrogen-bond donors (Lipinski definition) is 1. The molecule has 1 N–H and O–H groups in total. The number of rotatable bonds is 7. The number of esters is 1. The molecule has 0 saturated heterocycles. The summed E-state index contributed by atoms with van der Waals surface area (Å²) in [6, 6.07) is 7.17. The van der Waals surface area contributed by atoms with Gasteiger partial charge in [-0.1, -0.05) is 52.4 Å². The minimum atomic E-state index is -0.336. The van der Waals surface area contributed by atoms with Gasteiger partial charge in [0, 0.05) is 10.4 Å². The van der Waals surface area contributed by atoms with Crippen molar-refractivity contribution in [1.82, 2.24) is 0 Å². The molecule has 0 fully saturated rings. The van der Waals surface area contributed by atoms with Crippen LogP contribution in [0.25, 0.3) is 0 Å². The Balaban J connectivity index is 1.85. The molecule has 0 atom stereocenters. The molecule has 0 bridgehead atoms. The molecule has 1 amide bonds. The Kier molecular flexibility index (Phi) is 10.6. The van der Waals surface area contributed by atoms with E-state index in [0.29, 0.717) is 28.7 Å². The molecule has 1 aromatic heterocycles. The van der Waals surface area contributed by atoms with Crippen LogP contribution in [-0.4, -0.2) is 24.6 Å². The molecule has 0 spiro atoms. The van der Waals surface area contributed by atoms with Crippen molar-refractivity contribution in [2.24, 2.45) is 5.92 Å². The van der Waals surface area contributed by atoms with E-state index in [0.717, 1.165) is 37.0 Å². The Labute approximate surface area is 214 Å². The molecule has 0 saturated carbocycles. The fraction of sp³-hybridized carbons (Fsp3) is 0.586. The Hall–Kier alpha value is -2.34. The molecule has 0 unspecified atom stereocenters. The first-order valence-corrected chi connectivity index (χ1v) is 14.1. The van der Waals surface area contributed by atoms with E-state index in [-0.39, 0.29) is 18.0 Å². The monoisotopic (exact) mass is 499 g/mol. The van der Waals surface area contributed by atoms with Gasteiger partial charge < -0.3 is 14.8 Å². The minimum absolute atomic E-state index is 0.216. The molecule has 1 aliphatic rings. The van der Waals surface area contributed by atoms with Gasteiger partial charge in [0.25, 0.3) is 5.91 Å². The van der Waals surface area contributed by atoms with Crippen molar-refractivity contribution in [3.63, 3.8) is 0 Å². The Bertz CT molecular complexity index is 962. The second-order valence-electron chi connectivity index (χ2n) is 10.2.